The molecule has 10 heteroatoms. The first-order valence-electron chi connectivity index (χ1n) is 9.36. The van der Waals surface area contributed by atoms with Crippen LogP contribution in [-0.4, -0.2) is 57.4 Å². The minimum atomic E-state index is -3.79. The molecule has 0 aliphatic carbocycles. The van der Waals surface area contributed by atoms with E-state index in [4.69, 9.17) is 0 Å². The van der Waals surface area contributed by atoms with Crippen LogP contribution < -0.4 is 10.2 Å². The predicted octanol–water partition coefficient (Wildman–Crippen LogP) is 0.908. The number of hydrogen-bond acceptors (Lipinski definition) is 5. The van der Waals surface area contributed by atoms with Crippen molar-refractivity contribution in [3.05, 3.63) is 64.0 Å². The van der Waals surface area contributed by atoms with Gasteiger partial charge < -0.3 is 10.2 Å². The molecule has 0 atom stereocenters. The number of nitro benzene ring substituents is 1. The van der Waals surface area contributed by atoms with Crippen molar-refractivity contribution < 1.29 is 22.6 Å². The maximum absolute atomic E-state index is 13.7. The molecule has 0 unspecified atom stereocenters. The smallest absolute Gasteiger partial charge is 0.293 e. The third-order valence-electron chi connectivity index (χ3n) is 5.05. The largest absolute Gasteiger partial charge is 0.379 e. The van der Waals surface area contributed by atoms with E-state index in [1.807, 2.05) is 7.05 Å². The molecule has 0 saturated carbocycles. The van der Waals surface area contributed by atoms with Gasteiger partial charge in [0, 0.05) is 12.6 Å². The number of hydrogen-bond donors (Lipinski definition) is 2. The number of quaternary nitrogens is 1. The summed E-state index contributed by atoms with van der Waals surface area (Å²) in [5.41, 5.74) is 0.381. The van der Waals surface area contributed by atoms with Crippen LogP contribution in [0.5, 0.6) is 0 Å². The maximum atomic E-state index is 13.7. The van der Waals surface area contributed by atoms with Gasteiger partial charge >= 0.3 is 0 Å². The SMILES string of the molecule is C[NH+]1CCN(S(=O)(=O)c2ccc(NCCc3ccccc3F)c([N+](=O)[O-])c2)CC1. The van der Waals surface area contributed by atoms with Crippen molar-refractivity contribution in [1.29, 1.82) is 0 Å². The Hall–Kier alpha value is -2.56. The van der Waals surface area contributed by atoms with E-state index in [1.165, 1.54) is 27.4 Å². The molecule has 1 aliphatic rings. The van der Waals surface area contributed by atoms with E-state index in [2.05, 4.69) is 5.32 Å². The molecule has 1 saturated heterocycles. The number of halogens is 1. The first-order chi connectivity index (χ1) is 13.8. The Balaban J connectivity index is 1.76. The Morgan fingerprint density at radius 2 is 1.90 bits per heavy atom. The quantitative estimate of drug-likeness (QED) is 0.510. The number of benzene rings is 2. The van der Waals surface area contributed by atoms with Crippen molar-refractivity contribution in [3.63, 3.8) is 0 Å². The Kier molecular flexibility index (Phi) is 6.46. The molecule has 0 aromatic heterocycles. The second-order valence-corrected chi connectivity index (χ2v) is 9.00. The van der Waals surface area contributed by atoms with Crippen LogP contribution in [0.2, 0.25) is 0 Å². The minimum Gasteiger partial charge on any atom is -0.379 e. The Bertz CT molecular complexity index is 991. The summed E-state index contributed by atoms with van der Waals surface area (Å²) < 4.78 is 40.8. The highest BCUT2D eigenvalue weighted by Crippen LogP contribution is 2.29. The summed E-state index contributed by atoms with van der Waals surface area (Å²) >= 11 is 0. The van der Waals surface area contributed by atoms with Crippen molar-refractivity contribution in [2.75, 3.05) is 45.1 Å². The van der Waals surface area contributed by atoms with Gasteiger partial charge in [0.05, 0.1) is 43.0 Å². The van der Waals surface area contributed by atoms with E-state index < -0.39 is 14.9 Å². The van der Waals surface area contributed by atoms with Crippen molar-refractivity contribution in [3.8, 4) is 0 Å². The number of piperazine rings is 1. The molecule has 0 amide bonds. The lowest BCUT2D eigenvalue weighted by atomic mass is 10.1. The highest BCUT2D eigenvalue weighted by molar-refractivity contribution is 7.89. The van der Waals surface area contributed by atoms with Crippen LogP contribution in [0.15, 0.2) is 47.4 Å². The van der Waals surface area contributed by atoms with E-state index in [9.17, 15) is 22.9 Å². The van der Waals surface area contributed by atoms with Gasteiger partial charge in [-0.3, -0.25) is 10.1 Å². The van der Waals surface area contributed by atoms with E-state index in [0.29, 0.717) is 38.2 Å². The molecule has 0 radical (unpaired) electrons. The minimum absolute atomic E-state index is 0.0941. The van der Waals surface area contributed by atoms with Crippen molar-refractivity contribution in [1.82, 2.24) is 4.31 Å². The topological polar surface area (TPSA) is 97.0 Å². The number of nitrogens with one attached hydrogen (secondary N) is 2. The first-order valence-corrected chi connectivity index (χ1v) is 10.8. The van der Waals surface area contributed by atoms with Crippen molar-refractivity contribution >= 4 is 21.4 Å². The van der Waals surface area contributed by atoms with Gasteiger partial charge in [-0.25, -0.2) is 12.8 Å². The fourth-order valence-corrected chi connectivity index (χ4v) is 4.72. The van der Waals surface area contributed by atoms with Gasteiger partial charge in [0.2, 0.25) is 10.0 Å². The van der Waals surface area contributed by atoms with Crippen LogP contribution in [0, 0.1) is 15.9 Å². The zero-order chi connectivity index (χ0) is 21.0. The average molecular weight is 423 g/mol. The van der Waals surface area contributed by atoms with Gasteiger partial charge in [0.25, 0.3) is 5.69 Å². The van der Waals surface area contributed by atoms with Crippen LogP contribution in [0.4, 0.5) is 15.8 Å². The number of rotatable bonds is 7. The molecule has 156 valence electrons. The summed E-state index contributed by atoms with van der Waals surface area (Å²) in [6.45, 7) is 2.42. The molecule has 2 N–H and O–H groups in total. The summed E-state index contributed by atoms with van der Waals surface area (Å²) in [4.78, 5) is 12.0. The molecular weight excluding hydrogens is 399 g/mol. The molecule has 1 heterocycles. The van der Waals surface area contributed by atoms with Crippen LogP contribution in [0.3, 0.4) is 0 Å². The highest BCUT2D eigenvalue weighted by atomic mass is 32.2. The Labute approximate surface area is 169 Å². The fourth-order valence-electron chi connectivity index (χ4n) is 3.26. The van der Waals surface area contributed by atoms with Crippen molar-refractivity contribution in [2.24, 2.45) is 0 Å². The number of anilines is 1. The lowest BCUT2D eigenvalue weighted by Gasteiger charge is -2.29. The molecule has 0 spiro atoms. The zero-order valence-corrected chi connectivity index (χ0v) is 16.9. The number of likely N-dealkylation sites (N-methyl/N-ethyl adjacent to an activating group) is 1. The molecule has 1 aliphatic heterocycles. The first kappa shape index (κ1) is 21.2. The lowest BCUT2D eigenvalue weighted by Crippen LogP contribution is -3.12. The van der Waals surface area contributed by atoms with Crippen LogP contribution in [-0.2, 0) is 16.4 Å². The van der Waals surface area contributed by atoms with E-state index in [-0.39, 0.29) is 28.6 Å². The molecule has 8 nitrogen and oxygen atoms in total. The summed E-state index contributed by atoms with van der Waals surface area (Å²) in [5.74, 6) is -0.334. The standard InChI is InChI=1S/C19H23FN4O4S/c1-22-10-12-23(13-11-22)29(27,28)16-6-7-18(19(14-16)24(25)26)21-9-8-15-4-2-3-5-17(15)20/h2-7,14,21H,8-13H2,1H3/p+1. The van der Waals surface area contributed by atoms with Gasteiger partial charge in [-0.15, -0.1) is 0 Å². The fraction of sp³-hybridized carbons (Fsp3) is 0.368. The number of nitro groups is 1. The lowest BCUT2D eigenvalue weighted by molar-refractivity contribution is -0.883. The van der Waals surface area contributed by atoms with Crippen LogP contribution >= 0.6 is 0 Å². The van der Waals surface area contributed by atoms with Gasteiger partial charge in [0.1, 0.15) is 11.5 Å². The summed E-state index contributed by atoms with van der Waals surface area (Å²) in [6.07, 6.45) is 0.341. The van der Waals surface area contributed by atoms with Crippen LogP contribution in [0.1, 0.15) is 5.56 Å². The zero-order valence-electron chi connectivity index (χ0n) is 16.1. The number of nitrogens with zero attached hydrogens (tertiary/aromatic N) is 2. The summed E-state index contributed by atoms with van der Waals surface area (Å²) in [7, 11) is -1.79. The molecule has 3 rings (SSSR count). The normalized spacial score (nSPS) is 15.9. The number of sulfonamides is 1. The Morgan fingerprint density at radius 1 is 1.21 bits per heavy atom. The molecule has 1 fully saturated rings. The average Bonchev–Trinajstić information content (AvgIpc) is 2.69. The van der Waals surface area contributed by atoms with Gasteiger partial charge in [-0.05, 0) is 30.2 Å². The molecule has 2 aromatic carbocycles. The van der Waals surface area contributed by atoms with Gasteiger partial charge in [0.15, 0.2) is 0 Å². The Morgan fingerprint density at radius 3 is 2.55 bits per heavy atom. The summed E-state index contributed by atoms with van der Waals surface area (Å²) in [5, 5.41) is 14.4. The summed E-state index contributed by atoms with van der Waals surface area (Å²) in [6, 6.07) is 10.2. The van der Waals surface area contributed by atoms with Crippen LogP contribution in [0.25, 0.3) is 0 Å². The maximum Gasteiger partial charge on any atom is 0.293 e. The molecule has 0 bridgehead atoms. The molecule has 29 heavy (non-hydrogen) atoms. The highest BCUT2D eigenvalue weighted by Gasteiger charge is 2.31. The molecular formula is C19H24FN4O4S+. The van der Waals surface area contributed by atoms with Gasteiger partial charge in [-0.2, -0.15) is 4.31 Å². The van der Waals surface area contributed by atoms with E-state index in [1.54, 1.807) is 18.2 Å². The second kappa shape index (κ2) is 8.85. The van der Waals surface area contributed by atoms with E-state index in [0.717, 1.165) is 6.07 Å². The second-order valence-electron chi connectivity index (χ2n) is 7.07. The third kappa shape index (κ3) is 4.89. The van der Waals surface area contributed by atoms with Gasteiger partial charge in [-0.1, -0.05) is 18.2 Å². The predicted molar refractivity (Wildman–Crippen MR) is 107 cm³/mol. The van der Waals surface area contributed by atoms with E-state index >= 15 is 0 Å². The molecule has 2 aromatic rings. The van der Waals surface area contributed by atoms with Crippen molar-refractivity contribution in [2.45, 2.75) is 11.3 Å². The monoisotopic (exact) mass is 423 g/mol. The third-order valence-corrected chi connectivity index (χ3v) is 6.94.